The number of anilines is 2. The number of hydrogen-bond donors (Lipinski definition) is 2. The normalized spacial score (nSPS) is 10.7. The molecule has 1 aromatic heterocycles. The molecule has 1 heterocycles. The number of rotatable bonds is 6. The number of carbonyl (C=O) groups excluding carboxylic acids is 1. The van der Waals surface area contributed by atoms with Crippen LogP contribution in [0.1, 0.15) is 13.8 Å². The van der Waals surface area contributed by atoms with E-state index in [1.807, 2.05) is 67.6 Å². The van der Waals surface area contributed by atoms with Gasteiger partial charge in [0.25, 0.3) is 0 Å². The fraction of sp³-hybridized carbons (Fsp3) is 0.143. The Hall–Kier alpha value is -3.54. The fourth-order valence-corrected chi connectivity index (χ4v) is 2.57. The minimum Gasteiger partial charge on any atom is -0.385 e. The maximum absolute atomic E-state index is 11.5. The summed E-state index contributed by atoms with van der Waals surface area (Å²) in [6.07, 6.45) is 1.77. The number of hydrogen-bond acceptors (Lipinski definition) is 5. The highest BCUT2D eigenvalue weighted by atomic mass is 16.1. The molecule has 3 rings (SSSR count). The molecule has 0 saturated heterocycles. The van der Waals surface area contributed by atoms with Gasteiger partial charge in [-0.15, -0.1) is 5.11 Å². The highest BCUT2D eigenvalue weighted by Gasteiger charge is 2.05. The first-order valence-electron chi connectivity index (χ1n) is 8.74. The third-order valence-electron chi connectivity index (χ3n) is 3.79. The number of nitrogens with one attached hydrogen (secondary N) is 2. The molecule has 3 aromatic rings. The van der Waals surface area contributed by atoms with Crippen molar-refractivity contribution in [2.24, 2.45) is 10.2 Å². The summed E-state index contributed by atoms with van der Waals surface area (Å²) in [5, 5.41) is 14.6. The average Bonchev–Trinajstić information content (AvgIpc) is 2.68. The van der Waals surface area contributed by atoms with Crippen molar-refractivity contribution in [2.75, 3.05) is 17.2 Å². The zero-order valence-electron chi connectivity index (χ0n) is 15.3. The van der Waals surface area contributed by atoms with Crippen LogP contribution in [-0.2, 0) is 4.79 Å². The van der Waals surface area contributed by atoms with Crippen LogP contribution in [0, 0.1) is 0 Å². The number of benzene rings is 2. The minimum absolute atomic E-state index is 0.153. The molecule has 136 valence electrons. The molecular weight excluding hydrogens is 338 g/mol. The second-order valence-corrected chi connectivity index (χ2v) is 5.91. The third-order valence-corrected chi connectivity index (χ3v) is 3.79. The Morgan fingerprint density at radius 1 is 1.04 bits per heavy atom. The first-order valence-corrected chi connectivity index (χ1v) is 8.74. The van der Waals surface area contributed by atoms with E-state index < -0.39 is 0 Å². The topological polar surface area (TPSA) is 78.7 Å². The van der Waals surface area contributed by atoms with Crippen molar-refractivity contribution in [1.29, 1.82) is 0 Å². The number of nitrogens with zero attached hydrogens (tertiary/aromatic N) is 3. The average molecular weight is 359 g/mol. The molecule has 2 N–H and O–H groups in total. The summed E-state index contributed by atoms with van der Waals surface area (Å²) in [5.41, 5.74) is 4.78. The highest BCUT2D eigenvalue weighted by Crippen LogP contribution is 2.30. The van der Waals surface area contributed by atoms with Gasteiger partial charge in [0.15, 0.2) is 0 Å². The Kier molecular flexibility index (Phi) is 5.89. The van der Waals surface area contributed by atoms with E-state index in [0.29, 0.717) is 11.4 Å². The molecule has 27 heavy (non-hydrogen) atoms. The lowest BCUT2D eigenvalue weighted by atomic mass is 10.1. The van der Waals surface area contributed by atoms with E-state index in [2.05, 4.69) is 25.8 Å². The summed E-state index contributed by atoms with van der Waals surface area (Å²) in [6, 6.07) is 19.1. The summed E-state index contributed by atoms with van der Waals surface area (Å²) in [5.74, 6) is -0.153. The van der Waals surface area contributed by atoms with Gasteiger partial charge in [0.2, 0.25) is 5.91 Å². The van der Waals surface area contributed by atoms with Crippen molar-refractivity contribution in [3.05, 3.63) is 66.9 Å². The van der Waals surface area contributed by atoms with E-state index in [9.17, 15) is 4.79 Å². The molecule has 6 nitrogen and oxygen atoms in total. The highest BCUT2D eigenvalue weighted by molar-refractivity contribution is 5.92. The minimum atomic E-state index is -0.153. The van der Waals surface area contributed by atoms with Crippen molar-refractivity contribution >= 4 is 28.7 Å². The van der Waals surface area contributed by atoms with Gasteiger partial charge in [0, 0.05) is 30.9 Å². The second-order valence-electron chi connectivity index (χ2n) is 5.91. The molecular formula is C21H21N5O. The van der Waals surface area contributed by atoms with E-state index in [1.165, 1.54) is 6.92 Å². The lowest BCUT2D eigenvalue weighted by Gasteiger charge is -2.09. The molecule has 0 bridgehead atoms. The van der Waals surface area contributed by atoms with E-state index in [0.717, 1.165) is 29.2 Å². The van der Waals surface area contributed by atoms with Gasteiger partial charge < -0.3 is 10.6 Å². The van der Waals surface area contributed by atoms with Gasteiger partial charge in [-0.3, -0.25) is 9.78 Å². The molecule has 0 saturated carbocycles. The van der Waals surface area contributed by atoms with Crippen LogP contribution in [0.5, 0.6) is 0 Å². The first-order chi connectivity index (χ1) is 13.2. The molecule has 0 spiro atoms. The van der Waals surface area contributed by atoms with Crippen LogP contribution in [-0.4, -0.2) is 17.4 Å². The molecule has 0 aliphatic rings. The molecule has 0 atom stereocenters. The molecule has 2 aromatic carbocycles. The monoisotopic (exact) mass is 359 g/mol. The molecule has 1 amide bonds. The van der Waals surface area contributed by atoms with Crippen LogP contribution >= 0.6 is 0 Å². The van der Waals surface area contributed by atoms with Crippen molar-refractivity contribution < 1.29 is 4.79 Å². The molecule has 0 fully saturated rings. The van der Waals surface area contributed by atoms with Crippen molar-refractivity contribution in [3.8, 4) is 11.3 Å². The number of pyridine rings is 1. The van der Waals surface area contributed by atoms with Crippen molar-refractivity contribution in [3.63, 3.8) is 0 Å². The number of azo groups is 1. The maximum atomic E-state index is 11.5. The quantitative estimate of drug-likeness (QED) is 0.566. The van der Waals surface area contributed by atoms with Crippen molar-refractivity contribution in [2.45, 2.75) is 13.8 Å². The summed E-state index contributed by atoms with van der Waals surface area (Å²) < 4.78 is 0. The van der Waals surface area contributed by atoms with Gasteiger partial charge in [-0.25, -0.2) is 0 Å². The van der Waals surface area contributed by atoms with E-state index >= 15 is 0 Å². The lowest BCUT2D eigenvalue weighted by molar-refractivity contribution is -0.114. The lowest BCUT2D eigenvalue weighted by Crippen LogP contribution is -2.06. The van der Waals surface area contributed by atoms with Gasteiger partial charge in [0.1, 0.15) is 5.69 Å². The molecule has 6 heteroatoms. The summed E-state index contributed by atoms with van der Waals surface area (Å²) in [7, 11) is 0. The van der Waals surface area contributed by atoms with Crippen molar-refractivity contribution in [1.82, 2.24) is 4.98 Å². The largest absolute Gasteiger partial charge is 0.385 e. The number of aromatic nitrogens is 1. The van der Waals surface area contributed by atoms with Gasteiger partial charge in [-0.2, -0.15) is 5.11 Å². The van der Waals surface area contributed by atoms with Crippen LogP contribution in [0.4, 0.5) is 22.7 Å². The molecule has 0 radical (unpaired) electrons. The summed E-state index contributed by atoms with van der Waals surface area (Å²) in [6.45, 7) is 4.28. The Bertz CT molecular complexity index is 937. The smallest absolute Gasteiger partial charge is 0.221 e. The first kappa shape index (κ1) is 18.3. The Labute approximate surface area is 158 Å². The number of amides is 1. The predicted molar refractivity (Wildman–Crippen MR) is 109 cm³/mol. The van der Waals surface area contributed by atoms with Gasteiger partial charge in [-0.05, 0) is 49.4 Å². The van der Waals surface area contributed by atoms with Crippen LogP contribution in [0.2, 0.25) is 0 Å². The Morgan fingerprint density at radius 3 is 2.52 bits per heavy atom. The van der Waals surface area contributed by atoms with E-state index in [1.54, 1.807) is 6.20 Å². The van der Waals surface area contributed by atoms with Gasteiger partial charge in [0.05, 0.1) is 17.1 Å². The van der Waals surface area contributed by atoms with E-state index in [-0.39, 0.29) is 5.91 Å². The SMILES string of the molecule is CCNc1ccc(N=Nc2ccc(-c3ccccn3)cc2)c(NC(C)=O)c1. The number of carbonyl (C=O) groups is 1. The fourth-order valence-electron chi connectivity index (χ4n) is 2.57. The second kappa shape index (κ2) is 8.71. The van der Waals surface area contributed by atoms with Gasteiger partial charge in [-0.1, -0.05) is 18.2 Å². The molecule has 0 unspecified atom stereocenters. The standard InChI is InChI=1S/C21H21N5O/c1-3-22-18-11-12-20(21(14-18)24-15(2)27)26-25-17-9-7-16(8-10-17)19-6-4-5-13-23-19/h4-14,22H,3H2,1-2H3,(H,24,27). The zero-order chi connectivity index (χ0) is 19.1. The van der Waals surface area contributed by atoms with Crippen LogP contribution in [0.3, 0.4) is 0 Å². The summed E-state index contributed by atoms with van der Waals surface area (Å²) in [4.78, 5) is 15.8. The predicted octanol–water partition coefficient (Wildman–Crippen LogP) is 5.55. The van der Waals surface area contributed by atoms with Crippen LogP contribution < -0.4 is 10.6 Å². The third kappa shape index (κ3) is 4.98. The van der Waals surface area contributed by atoms with Crippen LogP contribution in [0.15, 0.2) is 77.1 Å². The summed E-state index contributed by atoms with van der Waals surface area (Å²) >= 11 is 0. The Balaban J connectivity index is 1.81. The molecule has 0 aliphatic carbocycles. The van der Waals surface area contributed by atoms with E-state index in [4.69, 9.17) is 0 Å². The Morgan fingerprint density at radius 2 is 1.85 bits per heavy atom. The zero-order valence-corrected chi connectivity index (χ0v) is 15.3. The van der Waals surface area contributed by atoms with Gasteiger partial charge >= 0.3 is 0 Å². The molecule has 0 aliphatic heterocycles. The van der Waals surface area contributed by atoms with Crippen LogP contribution in [0.25, 0.3) is 11.3 Å². The maximum Gasteiger partial charge on any atom is 0.221 e.